The molecule has 1 fully saturated rings. The Balaban J connectivity index is 2.02. The second-order valence-corrected chi connectivity index (χ2v) is 4.96. The van der Waals surface area contributed by atoms with Gasteiger partial charge in [-0.05, 0) is 38.8 Å². The zero-order valence-electron chi connectivity index (χ0n) is 10.4. The molecule has 0 radical (unpaired) electrons. The topological polar surface area (TPSA) is 47.1 Å². The molecule has 2 N–H and O–H groups in total. The molecular formula is C12H22N4. The molecule has 90 valence electrons. The van der Waals surface area contributed by atoms with Crippen LogP contribution in [-0.4, -0.2) is 33.8 Å². The van der Waals surface area contributed by atoms with E-state index in [1.807, 2.05) is 17.9 Å². The number of aromatic nitrogens is 2. The summed E-state index contributed by atoms with van der Waals surface area (Å²) in [6.07, 6.45) is 3.09. The summed E-state index contributed by atoms with van der Waals surface area (Å²) in [5.41, 5.74) is 7.25. The van der Waals surface area contributed by atoms with Crippen LogP contribution in [0, 0.1) is 5.92 Å². The molecule has 3 atom stereocenters. The molecule has 0 aromatic carbocycles. The second-order valence-electron chi connectivity index (χ2n) is 4.96. The van der Waals surface area contributed by atoms with E-state index in [4.69, 9.17) is 5.73 Å². The third-order valence-corrected chi connectivity index (χ3v) is 3.83. The van der Waals surface area contributed by atoms with Crippen molar-refractivity contribution in [2.24, 2.45) is 18.7 Å². The Morgan fingerprint density at radius 1 is 1.50 bits per heavy atom. The van der Waals surface area contributed by atoms with Gasteiger partial charge in [0.1, 0.15) is 0 Å². The maximum Gasteiger partial charge on any atom is 0.0549 e. The number of rotatable bonds is 3. The highest BCUT2D eigenvalue weighted by Crippen LogP contribution is 2.27. The first-order chi connectivity index (χ1) is 7.59. The predicted molar refractivity (Wildman–Crippen MR) is 65.0 cm³/mol. The summed E-state index contributed by atoms with van der Waals surface area (Å²) in [6.45, 7) is 6.63. The maximum absolute atomic E-state index is 5.96. The van der Waals surface area contributed by atoms with Crippen molar-refractivity contribution < 1.29 is 0 Å². The summed E-state index contributed by atoms with van der Waals surface area (Å²) in [6, 6.07) is 2.85. The first-order valence-corrected chi connectivity index (χ1v) is 6.07. The van der Waals surface area contributed by atoms with E-state index in [9.17, 15) is 0 Å². The third-order valence-electron chi connectivity index (χ3n) is 3.83. The van der Waals surface area contributed by atoms with Gasteiger partial charge in [0.05, 0.1) is 5.69 Å². The average molecular weight is 222 g/mol. The molecule has 3 unspecified atom stereocenters. The molecule has 1 aromatic heterocycles. The number of hydrogen-bond donors (Lipinski definition) is 1. The van der Waals surface area contributed by atoms with Crippen molar-refractivity contribution >= 4 is 0 Å². The quantitative estimate of drug-likeness (QED) is 0.834. The average Bonchev–Trinajstić information content (AvgIpc) is 2.84. The van der Waals surface area contributed by atoms with Crippen LogP contribution in [0.2, 0.25) is 0 Å². The Morgan fingerprint density at radius 3 is 2.75 bits per heavy atom. The van der Waals surface area contributed by atoms with Crippen LogP contribution in [-0.2, 0) is 7.05 Å². The van der Waals surface area contributed by atoms with E-state index in [0.29, 0.717) is 18.0 Å². The van der Waals surface area contributed by atoms with Gasteiger partial charge < -0.3 is 5.73 Å². The number of nitrogens with zero attached hydrogens (tertiary/aromatic N) is 3. The fourth-order valence-electron chi connectivity index (χ4n) is 2.58. The van der Waals surface area contributed by atoms with Crippen LogP contribution in [0.5, 0.6) is 0 Å². The Hall–Kier alpha value is -0.870. The van der Waals surface area contributed by atoms with E-state index in [2.05, 4.69) is 29.9 Å². The van der Waals surface area contributed by atoms with E-state index in [-0.39, 0.29) is 0 Å². The Bertz CT molecular complexity index is 345. The highest BCUT2D eigenvalue weighted by atomic mass is 15.3. The summed E-state index contributed by atoms with van der Waals surface area (Å²) in [7, 11) is 2.00. The Morgan fingerprint density at radius 2 is 2.25 bits per heavy atom. The SMILES string of the molecule is CC(N)C1CCN(C(C)c2ccnn2C)C1. The fraction of sp³-hybridized carbons (Fsp3) is 0.750. The normalized spacial score (nSPS) is 25.9. The van der Waals surface area contributed by atoms with Crippen LogP contribution >= 0.6 is 0 Å². The molecule has 1 saturated heterocycles. The molecule has 1 aliphatic heterocycles. The van der Waals surface area contributed by atoms with Gasteiger partial charge in [-0.25, -0.2) is 0 Å². The molecule has 0 bridgehead atoms. The van der Waals surface area contributed by atoms with E-state index >= 15 is 0 Å². The highest BCUT2D eigenvalue weighted by Gasteiger charge is 2.29. The molecule has 0 spiro atoms. The standard InChI is InChI=1S/C12H22N4/c1-9(13)11-5-7-16(8-11)10(2)12-4-6-14-15(12)3/h4,6,9-11H,5,7-8,13H2,1-3H3. The van der Waals surface area contributed by atoms with Crippen molar-refractivity contribution in [2.45, 2.75) is 32.4 Å². The van der Waals surface area contributed by atoms with Gasteiger partial charge in [-0.3, -0.25) is 9.58 Å². The lowest BCUT2D eigenvalue weighted by Crippen LogP contribution is -2.31. The Kier molecular flexibility index (Phi) is 3.30. The van der Waals surface area contributed by atoms with Gasteiger partial charge in [-0.2, -0.15) is 5.10 Å². The first-order valence-electron chi connectivity index (χ1n) is 6.07. The van der Waals surface area contributed by atoms with Gasteiger partial charge in [-0.1, -0.05) is 0 Å². The lowest BCUT2D eigenvalue weighted by molar-refractivity contribution is 0.239. The molecule has 4 nitrogen and oxygen atoms in total. The van der Waals surface area contributed by atoms with Crippen LogP contribution in [0.15, 0.2) is 12.3 Å². The second kappa shape index (κ2) is 4.55. The zero-order valence-corrected chi connectivity index (χ0v) is 10.4. The van der Waals surface area contributed by atoms with Gasteiger partial charge in [-0.15, -0.1) is 0 Å². The first kappa shape index (κ1) is 11.6. The van der Waals surface area contributed by atoms with Gasteiger partial charge in [0.2, 0.25) is 0 Å². The van der Waals surface area contributed by atoms with Crippen molar-refractivity contribution in [3.8, 4) is 0 Å². The van der Waals surface area contributed by atoms with Gasteiger partial charge in [0.15, 0.2) is 0 Å². The van der Waals surface area contributed by atoms with Crippen molar-refractivity contribution in [1.29, 1.82) is 0 Å². The minimum atomic E-state index is 0.309. The Labute approximate surface area is 97.4 Å². The molecule has 1 aliphatic rings. The van der Waals surface area contributed by atoms with Gasteiger partial charge in [0.25, 0.3) is 0 Å². The fourth-order valence-corrected chi connectivity index (χ4v) is 2.58. The highest BCUT2D eigenvalue weighted by molar-refractivity contribution is 5.06. The zero-order chi connectivity index (χ0) is 11.7. The van der Waals surface area contributed by atoms with E-state index < -0.39 is 0 Å². The number of aryl methyl sites for hydroxylation is 1. The molecule has 0 saturated carbocycles. The van der Waals surface area contributed by atoms with Crippen molar-refractivity contribution in [2.75, 3.05) is 13.1 Å². The molecule has 16 heavy (non-hydrogen) atoms. The van der Waals surface area contributed by atoms with E-state index in [1.165, 1.54) is 12.1 Å². The number of hydrogen-bond acceptors (Lipinski definition) is 3. The van der Waals surface area contributed by atoms with Gasteiger partial charge in [0, 0.05) is 31.9 Å². The summed E-state index contributed by atoms with van der Waals surface area (Å²) < 4.78 is 1.96. The smallest absolute Gasteiger partial charge is 0.0549 e. The van der Waals surface area contributed by atoms with E-state index in [0.717, 1.165) is 13.1 Å². The summed E-state index contributed by atoms with van der Waals surface area (Å²) in [4.78, 5) is 2.50. The summed E-state index contributed by atoms with van der Waals surface area (Å²) >= 11 is 0. The lowest BCUT2D eigenvalue weighted by atomic mass is 10.0. The van der Waals surface area contributed by atoms with Crippen molar-refractivity contribution in [3.63, 3.8) is 0 Å². The summed E-state index contributed by atoms with van der Waals surface area (Å²) in [5, 5.41) is 4.23. The van der Waals surface area contributed by atoms with E-state index in [1.54, 1.807) is 0 Å². The lowest BCUT2D eigenvalue weighted by Gasteiger charge is -2.25. The van der Waals surface area contributed by atoms with Crippen LogP contribution in [0.1, 0.15) is 32.0 Å². The monoisotopic (exact) mass is 222 g/mol. The molecule has 0 aliphatic carbocycles. The number of likely N-dealkylation sites (tertiary alicyclic amines) is 1. The van der Waals surface area contributed by atoms with Crippen molar-refractivity contribution in [1.82, 2.24) is 14.7 Å². The number of nitrogens with two attached hydrogens (primary N) is 1. The van der Waals surface area contributed by atoms with Gasteiger partial charge >= 0.3 is 0 Å². The van der Waals surface area contributed by atoms with Crippen LogP contribution in [0.4, 0.5) is 0 Å². The summed E-state index contributed by atoms with van der Waals surface area (Å²) in [5.74, 6) is 0.649. The minimum absolute atomic E-state index is 0.309. The molecule has 2 heterocycles. The molecule has 2 rings (SSSR count). The predicted octanol–water partition coefficient (Wildman–Crippen LogP) is 1.15. The van der Waals surface area contributed by atoms with Crippen LogP contribution in [0.3, 0.4) is 0 Å². The van der Waals surface area contributed by atoms with Crippen molar-refractivity contribution in [3.05, 3.63) is 18.0 Å². The molecule has 0 amide bonds. The molecular weight excluding hydrogens is 200 g/mol. The molecule has 1 aromatic rings. The van der Waals surface area contributed by atoms with Crippen LogP contribution in [0.25, 0.3) is 0 Å². The van der Waals surface area contributed by atoms with Crippen LogP contribution < -0.4 is 5.73 Å². The minimum Gasteiger partial charge on any atom is -0.328 e. The maximum atomic E-state index is 5.96. The largest absolute Gasteiger partial charge is 0.328 e. The molecule has 4 heteroatoms. The third kappa shape index (κ3) is 2.13.